The number of phenols is 1. The Morgan fingerprint density at radius 3 is 2.74 bits per heavy atom. The molecule has 0 unspecified atom stereocenters. The average Bonchev–Trinajstić information content (AvgIpc) is 3.28. The number of piperidine rings is 1. The maximum Gasteiger partial charge on any atom is 0.253 e. The van der Waals surface area contributed by atoms with E-state index in [1.54, 1.807) is 47.1 Å². The van der Waals surface area contributed by atoms with E-state index in [4.69, 9.17) is 13.1 Å². The molecule has 5 rings (SSSR count). The van der Waals surface area contributed by atoms with E-state index in [0.29, 0.717) is 59.0 Å². The van der Waals surface area contributed by atoms with Gasteiger partial charge in [0.2, 0.25) is 0 Å². The third-order valence-electron chi connectivity index (χ3n) is 6.39. The predicted octanol–water partition coefficient (Wildman–Crippen LogP) is 2.73. The van der Waals surface area contributed by atoms with Crippen LogP contribution < -0.4 is 10.8 Å². The number of hydrogen-bond acceptors (Lipinski definition) is 6. The molecule has 172 valence electrons. The topological polar surface area (TPSA) is 107 Å². The summed E-state index contributed by atoms with van der Waals surface area (Å²) in [6.45, 7) is 2.02. The van der Waals surface area contributed by atoms with Crippen molar-refractivity contribution in [1.29, 1.82) is 5.26 Å². The molecule has 0 atom stereocenters. The number of carbonyl (C=O) groups is 1. The Balaban J connectivity index is 1.28. The zero-order valence-electron chi connectivity index (χ0n) is 19.1. The lowest BCUT2D eigenvalue weighted by molar-refractivity contribution is 0.0695. The molecule has 0 aliphatic carbocycles. The van der Waals surface area contributed by atoms with Crippen molar-refractivity contribution in [3.05, 3.63) is 71.9 Å². The van der Waals surface area contributed by atoms with Gasteiger partial charge in [0.1, 0.15) is 19.4 Å². The van der Waals surface area contributed by atoms with Crippen molar-refractivity contribution < 1.29 is 9.90 Å². The predicted molar refractivity (Wildman–Crippen MR) is 134 cm³/mol. The van der Waals surface area contributed by atoms with Crippen LogP contribution in [0.1, 0.15) is 28.8 Å². The molecule has 35 heavy (non-hydrogen) atoms. The highest BCUT2D eigenvalue weighted by Gasteiger charge is 2.24. The van der Waals surface area contributed by atoms with Gasteiger partial charge in [0.05, 0.1) is 17.3 Å². The van der Waals surface area contributed by atoms with Crippen LogP contribution in [0.15, 0.2) is 60.8 Å². The van der Waals surface area contributed by atoms with Gasteiger partial charge in [-0.15, -0.1) is 0 Å². The smallest absolute Gasteiger partial charge is 0.253 e. The number of amides is 1. The minimum absolute atomic E-state index is 0.0383. The summed E-state index contributed by atoms with van der Waals surface area (Å²) in [5, 5.41) is 27.2. The minimum Gasteiger partial charge on any atom is -0.507 e. The lowest BCUT2D eigenvalue weighted by Crippen LogP contribution is -2.40. The Labute approximate surface area is 204 Å². The molecule has 1 aliphatic rings. The van der Waals surface area contributed by atoms with Gasteiger partial charge < -0.3 is 15.3 Å². The second-order valence-corrected chi connectivity index (χ2v) is 8.69. The average molecular weight is 462 g/mol. The van der Waals surface area contributed by atoms with Gasteiger partial charge in [-0.25, -0.2) is 4.98 Å². The molecule has 2 aromatic heterocycles. The van der Waals surface area contributed by atoms with Crippen LogP contribution in [0.5, 0.6) is 5.75 Å². The summed E-state index contributed by atoms with van der Waals surface area (Å²) in [6.07, 6.45) is 3.28. The molecule has 0 spiro atoms. The molecule has 8 nitrogen and oxygen atoms in total. The lowest BCUT2D eigenvalue weighted by Gasteiger charge is -2.32. The highest BCUT2D eigenvalue weighted by atomic mass is 16.3. The van der Waals surface area contributed by atoms with Gasteiger partial charge in [-0.2, -0.15) is 14.9 Å². The van der Waals surface area contributed by atoms with Crippen molar-refractivity contribution in [2.24, 2.45) is 5.92 Å². The summed E-state index contributed by atoms with van der Waals surface area (Å²) >= 11 is 0. The van der Waals surface area contributed by atoms with Gasteiger partial charge in [-0.05, 0) is 54.6 Å². The number of nitrogens with zero attached hydrogens (tertiary/aromatic N) is 5. The second kappa shape index (κ2) is 9.51. The third kappa shape index (κ3) is 4.55. The number of rotatable bonds is 5. The Morgan fingerprint density at radius 2 is 1.97 bits per heavy atom. The molecule has 4 aromatic rings. The first kappa shape index (κ1) is 22.5. The van der Waals surface area contributed by atoms with Crippen molar-refractivity contribution >= 4 is 30.7 Å². The van der Waals surface area contributed by atoms with E-state index in [-0.39, 0.29) is 11.7 Å². The van der Waals surface area contributed by atoms with Gasteiger partial charge in [0.15, 0.2) is 5.65 Å². The molecule has 3 heterocycles. The number of para-hydroxylation sites is 1. The van der Waals surface area contributed by atoms with Crippen molar-refractivity contribution in [2.45, 2.75) is 12.8 Å². The number of nitriles is 1. The summed E-state index contributed by atoms with van der Waals surface area (Å²) in [6, 6.07) is 17.8. The largest absolute Gasteiger partial charge is 0.507 e. The number of benzene rings is 2. The number of likely N-dealkylation sites (tertiary alicyclic amines) is 1. The lowest BCUT2D eigenvalue weighted by atomic mass is 9.96. The zero-order chi connectivity index (χ0) is 24.4. The van der Waals surface area contributed by atoms with Crippen LogP contribution in [-0.2, 0) is 0 Å². The molecule has 9 heteroatoms. The van der Waals surface area contributed by atoms with E-state index >= 15 is 0 Å². The summed E-state index contributed by atoms with van der Waals surface area (Å²) in [7, 11) is 6.09. The van der Waals surface area contributed by atoms with Crippen molar-refractivity contribution in [2.75, 3.05) is 25.0 Å². The maximum absolute atomic E-state index is 12.9. The fraction of sp³-hybridized carbons (Fsp3) is 0.231. The molecular weight excluding hydrogens is 439 g/mol. The van der Waals surface area contributed by atoms with Gasteiger partial charge in [0, 0.05) is 43.0 Å². The van der Waals surface area contributed by atoms with E-state index < -0.39 is 0 Å². The van der Waals surface area contributed by atoms with Crippen molar-refractivity contribution in [3.8, 4) is 23.1 Å². The number of fused-ring (bicyclic) bond motifs is 1. The van der Waals surface area contributed by atoms with Crippen LogP contribution in [0.2, 0.25) is 0 Å². The normalized spacial score (nSPS) is 14.1. The molecule has 1 amide bonds. The van der Waals surface area contributed by atoms with Crippen LogP contribution >= 0.6 is 0 Å². The number of aromatic hydroxyl groups is 1. The highest BCUT2D eigenvalue weighted by Crippen LogP contribution is 2.29. The first-order chi connectivity index (χ1) is 17.0. The molecule has 2 aromatic carbocycles. The van der Waals surface area contributed by atoms with E-state index in [9.17, 15) is 9.90 Å². The summed E-state index contributed by atoms with van der Waals surface area (Å²) in [4.78, 5) is 19.3. The zero-order valence-corrected chi connectivity index (χ0v) is 19.1. The van der Waals surface area contributed by atoms with Gasteiger partial charge in [-0.1, -0.05) is 18.2 Å². The summed E-state index contributed by atoms with van der Waals surface area (Å²) in [5.74, 6) is 1.21. The van der Waals surface area contributed by atoms with E-state index in [0.717, 1.165) is 18.7 Å². The fourth-order valence-electron chi connectivity index (χ4n) is 4.43. The summed E-state index contributed by atoms with van der Waals surface area (Å²) < 4.78 is 1.67. The van der Waals surface area contributed by atoms with E-state index in [1.807, 2.05) is 23.1 Å². The van der Waals surface area contributed by atoms with Crippen molar-refractivity contribution in [1.82, 2.24) is 19.5 Å². The SMILES string of the molecule is [B]c1cnn2c(NCC3CCN(C(=O)c4cccc(C#N)c4)CC3)cc(-c3ccccc3O)nc12. The number of nitrogens with one attached hydrogen (secondary N) is 1. The second-order valence-electron chi connectivity index (χ2n) is 8.69. The molecule has 2 N–H and O–H groups in total. The number of hydrogen-bond donors (Lipinski definition) is 2. The summed E-state index contributed by atoms with van der Waals surface area (Å²) in [5.41, 5.74) is 3.23. The van der Waals surface area contributed by atoms with Crippen LogP contribution in [0.4, 0.5) is 5.82 Å². The first-order valence-electron chi connectivity index (χ1n) is 11.5. The van der Waals surface area contributed by atoms with Gasteiger partial charge >= 0.3 is 0 Å². The Hall–Kier alpha value is -4.32. The maximum atomic E-state index is 12.9. The van der Waals surface area contributed by atoms with Crippen LogP contribution in [0.3, 0.4) is 0 Å². The molecule has 1 aliphatic heterocycles. The Morgan fingerprint density at radius 1 is 1.17 bits per heavy atom. The van der Waals surface area contributed by atoms with E-state index in [1.165, 1.54) is 0 Å². The molecule has 0 saturated carbocycles. The highest BCUT2D eigenvalue weighted by molar-refractivity contribution is 6.36. The van der Waals surface area contributed by atoms with Gasteiger partial charge in [-0.3, -0.25) is 4.79 Å². The molecule has 2 radical (unpaired) electrons. The Kier molecular flexibility index (Phi) is 6.11. The quantitative estimate of drug-likeness (QED) is 0.442. The molecule has 1 fully saturated rings. The standard InChI is InChI=1S/C26H23BN6O2/c27-21-16-30-33-24(13-22(31-25(21)33)20-6-1-2-7-23(20)34)29-15-17-8-10-32(11-9-17)26(35)19-5-3-4-18(12-19)14-28/h1-7,12-13,16-17,29,34H,8-11,15H2. The third-order valence-corrected chi connectivity index (χ3v) is 6.39. The Bertz CT molecular complexity index is 1440. The fourth-order valence-corrected chi connectivity index (χ4v) is 4.43. The number of phenolic OH excluding ortho intramolecular Hbond substituents is 1. The molecule has 1 saturated heterocycles. The monoisotopic (exact) mass is 462 g/mol. The minimum atomic E-state index is -0.0383. The van der Waals surface area contributed by atoms with E-state index in [2.05, 4.69) is 21.5 Å². The molecular formula is C26H23BN6O2. The van der Waals surface area contributed by atoms with Crippen molar-refractivity contribution in [3.63, 3.8) is 0 Å². The number of anilines is 1. The number of carbonyl (C=O) groups excluding carboxylic acids is 1. The number of aromatic nitrogens is 3. The van der Waals surface area contributed by atoms with Gasteiger partial charge in [0.25, 0.3) is 5.91 Å². The van der Waals surface area contributed by atoms with Crippen LogP contribution in [-0.4, -0.2) is 58.0 Å². The van der Waals surface area contributed by atoms with Crippen LogP contribution in [0.25, 0.3) is 16.9 Å². The first-order valence-corrected chi connectivity index (χ1v) is 11.5. The van der Waals surface area contributed by atoms with Crippen LogP contribution in [0, 0.1) is 17.2 Å². The molecule has 0 bridgehead atoms.